The monoisotopic (exact) mass is 365 g/mol. The first-order valence-electron chi connectivity index (χ1n) is 7.78. The van der Waals surface area contributed by atoms with Crippen molar-refractivity contribution >= 4 is 16.0 Å². The summed E-state index contributed by atoms with van der Waals surface area (Å²) in [7, 11) is -3.62. The van der Waals surface area contributed by atoms with Crippen molar-refractivity contribution in [2.45, 2.75) is 36.9 Å². The Balaban J connectivity index is 1.62. The standard InChI is InChI=1S/C15H19N5O4S/c1-10-2-4-13(5-3-10)25(23,24)17-7-11-9-20(19-18-11)12-6-14(15(21)22)16-8-12/h2-5,9,12,14,16-17H,6-8H2,1H3,(H,21,22)/t12-,14-/m0/s1. The number of carbonyl (C=O) groups is 1. The summed E-state index contributed by atoms with van der Waals surface area (Å²) in [4.78, 5) is 11.2. The van der Waals surface area contributed by atoms with Gasteiger partial charge in [0.2, 0.25) is 10.0 Å². The van der Waals surface area contributed by atoms with Crippen LogP contribution in [0.1, 0.15) is 23.7 Å². The highest BCUT2D eigenvalue weighted by atomic mass is 32.2. The molecule has 10 heteroatoms. The van der Waals surface area contributed by atoms with Gasteiger partial charge in [-0.2, -0.15) is 0 Å². The molecule has 25 heavy (non-hydrogen) atoms. The number of hydrogen-bond acceptors (Lipinski definition) is 6. The molecule has 2 atom stereocenters. The molecule has 2 heterocycles. The minimum absolute atomic E-state index is 0.0126. The van der Waals surface area contributed by atoms with E-state index in [0.29, 0.717) is 18.7 Å². The van der Waals surface area contributed by atoms with E-state index in [-0.39, 0.29) is 17.5 Å². The SMILES string of the molecule is Cc1ccc(S(=O)(=O)NCc2cn([C@@H]3CN[C@H](C(=O)O)C3)nn2)cc1. The average molecular weight is 365 g/mol. The molecule has 0 radical (unpaired) electrons. The lowest BCUT2D eigenvalue weighted by atomic mass is 10.2. The van der Waals surface area contributed by atoms with Crippen molar-refractivity contribution in [3.63, 3.8) is 0 Å². The molecule has 0 bridgehead atoms. The molecule has 1 saturated heterocycles. The number of rotatable bonds is 6. The van der Waals surface area contributed by atoms with Crippen LogP contribution in [0.25, 0.3) is 0 Å². The number of aromatic nitrogens is 3. The Morgan fingerprint density at radius 1 is 1.40 bits per heavy atom. The summed E-state index contributed by atoms with van der Waals surface area (Å²) in [6, 6.07) is 5.84. The van der Waals surface area contributed by atoms with Crippen molar-refractivity contribution in [2.24, 2.45) is 0 Å². The molecule has 3 rings (SSSR count). The number of aliphatic carboxylic acids is 1. The number of sulfonamides is 1. The van der Waals surface area contributed by atoms with E-state index in [1.807, 2.05) is 6.92 Å². The normalized spacial score (nSPS) is 20.7. The number of nitrogens with one attached hydrogen (secondary N) is 2. The first kappa shape index (κ1) is 17.5. The third-order valence-corrected chi connectivity index (χ3v) is 5.53. The summed E-state index contributed by atoms with van der Waals surface area (Å²) >= 11 is 0. The molecular weight excluding hydrogens is 346 g/mol. The predicted octanol–water partition coefficient (Wildman–Crippen LogP) is 0.0526. The first-order valence-corrected chi connectivity index (χ1v) is 9.27. The Kier molecular flexibility index (Phi) is 4.84. The summed E-state index contributed by atoms with van der Waals surface area (Å²) in [6.07, 6.45) is 2.04. The van der Waals surface area contributed by atoms with E-state index in [4.69, 9.17) is 5.11 Å². The van der Waals surface area contributed by atoms with Gasteiger partial charge in [-0.3, -0.25) is 4.79 Å². The van der Waals surface area contributed by atoms with E-state index in [0.717, 1.165) is 5.56 Å². The van der Waals surface area contributed by atoms with E-state index >= 15 is 0 Å². The van der Waals surface area contributed by atoms with Gasteiger partial charge in [0, 0.05) is 6.54 Å². The third-order valence-electron chi connectivity index (χ3n) is 4.11. The molecule has 0 aliphatic carbocycles. The molecule has 2 aromatic rings. The molecule has 1 aromatic carbocycles. The lowest BCUT2D eigenvalue weighted by Gasteiger charge is -2.07. The smallest absolute Gasteiger partial charge is 0.320 e. The molecular formula is C15H19N5O4S. The van der Waals surface area contributed by atoms with Crippen LogP contribution in [0.3, 0.4) is 0 Å². The second-order valence-corrected chi connectivity index (χ2v) is 7.78. The van der Waals surface area contributed by atoms with Crippen LogP contribution in [-0.2, 0) is 21.4 Å². The van der Waals surface area contributed by atoms with E-state index in [1.165, 1.54) is 0 Å². The van der Waals surface area contributed by atoms with Gasteiger partial charge < -0.3 is 10.4 Å². The van der Waals surface area contributed by atoms with Gasteiger partial charge >= 0.3 is 5.97 Å². The second kappa shape index (κ2) is 6.90. The Morgan fingerprint density at radius 3 is 2.76 bits per heavy atom. The van der Waals surface area contributed by atoms with Crippen LogP contribution in [0, 0.1) is 6.92 Å². The van der Waals surface area contributed by atoms with Crippen LogP contribution in [0.2, 0.25) is 0 Å². The third kappa shape index (κ3) is 4.03. The topological polar surface area (TPSA) is 126 Å². The lowest BCUT2D eigenvalue weighted by molar-refractivity contribution is -0.139. The minimum Gasteiger partial charge on any atom is -0.480 e. The molecule has 0 unspecified atom stereocenters. The van der Waals surface area contributed by atoms with E-state index < -0.39 is 22.0 Å². The summed E-state index contributed by atoms with van der Waals surface area (Å²) < 4.78 is 28.6. The fourth-order valence-electron chi connectivity index (χ4n) is 2.65. The maximum atomic E-state index is 12.3. The highest BCUT2D eigenvalue weighted by molar-refractivity contribution is 7.89. The van der Waals surface area contributed by atoms with Crippen LogP contribution in [0.15, 0.2) is 35.4 Å². The zero-order chi connectivity index (χ0) is 18.0. The van der Waals surface area contributed by atoms with Gasteiger partial charge in [-0.25, -0.2) is 17.8 Å². The molecule has 3 N–H and O–H groups in total. The molecule has 1 aromatic heterocycles. The van der Waals surface area contributed by atoms with Gasteiger partial charge in [-0.15, -0.1) is 5.10 Å². The zero-order valence-electron chi connectivity index (χ0n) is 13.6. The number of carboxylic acid groups (broad SMARTS) is 1. The molecule has 1 fully saturated rings. The minimum atomic E-state index is -3.62. The molecule has 0 spiro atoms. The quantitative estimate of drug-likeness (QED) is 0.660. The Hall–Kier alpha value is -2.30. The van der Waals surface area contributed by atoms with Crippen molar-refractivity contribution in [1.29, 1.82) is 0 Å². The highest BCUT2D eigenvalue weighted by Gasteiger charge is 2.30. The largest absolute Gasteiger partial charge is 0.480 e. The van der Waals surface area contributed by atoms with Gasteiger partial charge in [0.15, 0.2) is 0 Å². The van der Waals surface area contributed by atoms with Crippen molar-refractivity contribution in [3.05, 3.63) is 41.7 Å². The molecule has 9 nitrogen and oxygen atoms in total. The molecule has 1 aliphatic heterocycles. The van der Waals surface area contributed by atoms with Crippen LogP contribution in [0.5, 0.6) is 0 Å². The summed E-state index contributed by atoms with van der Waals surface area (Å²) in [5.41, 5.74) is 1.45. The number of aryl methyl sites for hydroxylation is 1. The average Bonchev–Trinajstić information content (AvgIpc) is 3.23. The van der Waals surface area contributed by atoms with Crippen LogP contribution in [0.4, 0.5) is 0 Å². The van der Waals surface area contributed by atoms with Crippen LogP contribution in [-0.4, -0.2) is 47.1 Å². The predicted molar refractivity (Wildman–Crippen MR) is 88.3 cm³/mol. The van der Waals surface area contributed by atoms with Crippen molar-refractivity contribution in [1.82, 2.24) is 25.0 Å². The number of hydrogen-bond donors (Lipinski definition) is 3. The maximum Gasteiger partial charge on any atom is 0.320 e. The zero-order valence-corrected chi connectivity index (χ0v) is 14.4. The second-order valence-electron chi connectivity index (χ2n) is 6.02. The Morgan fingerprint density at radius 2 is 2.12 bits per heavy atom. The van der Waals surface area contributed by atoms with Gasteiger partial charge in [0.05, 0.1) is 29.4 Å². The van der Waals surface area contributed by atoms with E-state index in [1.54, 1.807) is 35.1 Å². The molecule has 0 saturated carbocycles. The van der Waals surface area contributed by atoms with Gasteiger partial charge in [-0.05, 0) is 25.5 Å². The van der Waals surface area contributed by atoms with Crippen LogP contribution < -0.4 is 10.0 Å². The summed E-state index contributed by atoms with van der Waals surface area (Å²) in [5, 5.41) is 19.8. The van der Waals surface area contributed by atoms with Gasteiger partial charge in [-0.1, -0.05) is 22.9 Å². The summed E-state index contributed by atoms with van der Waals surface area (Å²) in [5.74, 6) is -0.895. The van der Waals surface area contributed by atoms with Crippen molar-refractivity contribution in [2.75, 3.05) is 6.54 Å². The highest BCUT2D eigenvalue weighted by Crippen LogP contribution is 2.19. The number of carboxylic acids is 1. The lowest BCUT2D eigenvalue weighted by Crippen LogP contribution is -2.29. The summed E-state index contributed by atoms with van der Waals surface area (Å²) in [6.45, 7) is 2.38. The van der Waals surface area contributed by atoms with Crippen molar-refractivity contribution < 1.29 is 18.3 Å². The first-order chi connectivity index (χ1) is 11.8. The fourth-order valence-corrected chi connectivity index (χ4v) is 3.65. The fraction of sp³-hybridized carbons (Fsp3) is 0.400. The number of benzene rings is 1. The van der Waals surface area contributed by atoms with Gasteiger partial charge in [0.25, 0.3) is 0 Å². The van der Waals surface area contributed by atoms with Crippen LogP contribution >= 0.6 is 0 Å². The molecule has 134 valence electrons. The van der Waals surface area contributed by atoms with Gasteiger partial charge in [0.1, 0.15) is 6.04 Å². The van der Waals surface area contributed by atoms with E-state index in [2.05, 4.69) is 20.4 Å². The Bertz CT molecular complexity index is 862. The van der Waals surface area contributed by atoms with Crippen molar-refractivity contribution in [3.8, 4) is 0 Å². The molecule has 0 amide bonds. The number of nitrogens with zero attached hydrogens (tertiary/aromatic N) is 3. The molecule has 1 aliphatic rings. The maximum absolute atomic E-state index is 12.3. The van der Waals surface area contributed by atoms with E-state index in [9.17, 15) is 13.2 Å². The Labute approximate surface area is 145 Å².